The van der Waals surface area contributed by atoms with Crippen LogP contribution in [0, 0.1) is 5.92 Å². The minimum atomic E-state index is -0.177. The zero-order valence-corrected chi connectivity index (χ0v) is 10.4. The van der Waals surface area contributed by atoms with Crippen molar-refractivity contribution in [3.63, 3.8) is 0 Å². The van der Waals surface area contributed by atoms with Gasteiger partial charge in [0, 0.05) is 12.5 Å². The van der Waals surface area contributed by atoms with Gasteiger partial charge >= 0.3 is 5.97 Å². The Balaban J connectivity index is 2.10. The fraction of sp³-hybridized carbons (Fsp3) is 0.727. The first-order chi connectivity index (χ1) is 8.11. The Hall–Kier alpha value is -1.59. The minimum Gasteiger partial charge on any atom is -0.466 e. The predicted molar refractivity (Wildman–Crippen MR) is 62.7 cm³/mol. The molecule has 0 spiro atoms. The van der Waals surface area contributed by atoms with Crippen LogP contribution in [-0.2, 0) is 16.1 Å². The van der Waals surface area contributed by atoms with E-state index in [-0.39, 0.29) is 17.8 Å². The summed E-state index contributed by atoms with van der Waals surface area (Å²) in [7, 11) is 0. The second-order valence-electron chi connectivity index (χ2n) is 4.46. The van der Waals surface area contributed by atoms with Crippen molar-refractivity contribution in [1.29, 1.82) is 0 Å². The van der Waals surface area contributed by atoms with Crippen LogP contribution >= 0.6 is 0 Å². The second kappa shape index (κ2) is 4.73. The second-order valence-corrected chi connectivity index (χ2v) is 4.46. The number of anilines is 1. The molecule has 6 nitrogen and oxygen atoms in total. The summed E-state index contributed by atoms with van der Waals surface area (Å²) in [5, 5.41) is 7.49. The maximum atomic E-state index is 11.6. The average Bonchev–Trinajstić information content (AvgIpc) is 2.71. The van der Waals surface area contributed by atoms with Crippen LogP contribution in [0.25, 0.3) is 0 Å². The molecule has 1 N–H and O–H groups in total. The zero-order valence-electron chi connectivity index (χ0n) is 10.4. The van der Waals surface area contributed by atoms with Crippen molar-refractivity contribution in [2.45, 2.75) is 33.2 Å². The summed E-state index contributed by atoms with van der Waals surface area (Å²) in [5.74, 6) is 1.48. The number of nitrogens with one attached hydrogen (secondary N) is 1. The lowest BCUT2D eigenvalue weighted by atomic mass is 10.1. The lowest BCUT2D eigenvalue weighted by Crippen LogP contribution is -2.34. The molecule has 1 aliphatic heterocycles. The molecule has 6 heteroatoms. The topological polar surface area (TPSA) is 69.0 Å². The van der Waals surface area contributed by atoms with E-state index in [0.29, 0.717) is 19.7 Å². The molecule has 0 saturated carbocycles. The first-order valence-corrected chi connectivity index (χ1v) is 5.97. The Morgan fingerprint density at radius 2 is 2.41 bits per heavy atom. The smallest absolute Gasteiger partial charge is 0.312 e. The van der Waals surface area contributed by atoms with Gasteiger partial charge in [-0.3, -0.25) is 4.79 Å². The van der Waals surface area contributed by atoms with E-state index in [4.69, 9.17) is 4.74 Å². The Morgan fingerprint density at radius 3 is 3.06 bits per heavy atom. The van der Waals surface area contributed by atoms with Crippen molar-refractivity contribution in [1.82, 2.24) is 14.8 Å². The van der Waals surface area contributed by atoms with Crippen molar-refractivity contribution in [3.05, 3.63) is 5.82 Å². The number of hydrogen-bond donors (Lipinski definition) is 1. The Labute approximate surface area is 100 Å². The first-order valence-electron chi connectivity index (χ1n) is 5.97. The number of rotatable bonds is 3. The van der Waals surface area contributed by atoms with Crippen molar-refractivity contribution in [2.24, 2.45) is 5.92 Å². The van der Waals surface area contributed by atoms with Crippen LogP contribution in [0.3, 0.4) is 0 Å². The molecule has 17 heavy (non-hydrogen) atoms. The third kappa shape index (κ3) is 2.40. The summed E-state index contributed by atoms with van der Waals surface area (Å²) >= 11 is 0. The monoisotopic (exact) mass is 238 g/mol. The van der Waals surface area contributed by atoms with E-state index in [2.05, 4.69) is 15.4 Å². The third-order valence-electron chi connectivity index (χ3n) is 2.72. The standard InChI is InChI=1S/C11H18N4O2/c1-4-17-10(16)8-5-12-11-13-9(7(2)3)14-15(11)6-8/h7-8H,4-6H2,1-3H3,(H,12,13,14). The summed E-state index contributed by atoms with van der Waals surface area (Å²) < 4.78 is 6.76. The molecule has 0 amide bonds. The van der Waals surface area contributed by atoms with Crippen LogP contribution in [0.1, 0.15) is 32.5 Å². The maximum Gasteiger partial charge on any atom is 0.312 e. The third-order valence-corrected chi connectivity index (χ3v) is 2.72. The van der Waals surface area contributed by atoms with Crippen LogP contribution in [0.4, 0.5) is 5.95 Å². The largest absolute Gasteiger partial charge is 0.466 e. The quantitative estimate of drug-likeness (QED) is 0.796. The van der Waals surface area contributed by atoms with E-state index in [9.17, 15) is 4.79 Å². The SMILES string of the molecule is CCOC(=O)C1CNc2nc(C(C)C)nn2C1. The van der Waals surface area contributed by atoms with Gasteiger partial charge < -0.3 is 10.1 Å². The van der Waals surface area contributed by atoms with E-state index in [0.717, 1.165) is 11.8 Å². The molecule has 1 aromatic rings. The number of carbonyl (C=O) groups is 1. The Bertz CT molecular complexity index is 414. The highest BCUT2D eigenvalue weighted by molar-refractivity contribution is 5.73. The van der Waals surface area contributed by atoms with Gasteiger partial charge in [-0.15, -0.1) is 0 Å². The molecule has 0 radical (unpaired) electrons. The van der Waals surface area contributed by atoms with Crippen LogP contribution in [0.15, 0.2) is 0 Å². The highest BCUT2D eigenvalue weighted by atomic mass is 16.5. The Kier molecular flexibility index (Phi) is 3.31. The van der Waals surface area contributed by atoms with Crippen LogP contribution in [-0.4, -0.2) is 33.9 Å². The number of carbonyl (C=O) groups excluding carboxylic acids is 1. The Morgan fingerprint density at radius 1 is 1.65 bits per heavy atom. The molecule has 2 heterocycles. The molecule has 1 aliphatic rings. The van der Waals surface area contributed by atoms with Crippen molar-refractivity contribution < 1.29 is 9.53 Å². The lowest BCUT2D eigenvalue weighted by Gasteiger charge is -2.21. The number of fused-ring (bicyclic) bond motifs is 1. The van der Waals surface area contributed by atoms with Gasteiger partial charge in [-0.2, -0.15) is 10.1 Å². The summed E-state index contributed by atoms with van der Waals surface area (Å²) in [6, 6.07) is 0. The molecule has 1 unspecified atom stereocenters. The van der Waals surface area contributed by atoms with Crippen molar-refractivity contribution in [3.8, 4) is 0 Å². The predicted octanol–water partition coefficient (Wildman–Crippen LogP) is 1.01. The normalized spacial score (nSPS) is 18.7. The van der Waals surface area contributed by atoms with Crippen LogP contribution < -0.4 is 5.32 Å². The van der Waals surface area contributed by atoms with E-state index in [1.807, 2.05) is 20.8 Å². The number of ether oxygens (including phenoxy) is 1. The summed E-state index contributed by atoms with van der Waals surface area (Å²) in [5.41, 5.74) is 0. The molecule has 1 aromatic heterocycles. The average molecular weight is 238 g/mol. The van der Waals surface area contributed by atoms with Gasteiger partial charge in [0.05, 0.1) is 19.1 Å². The summed E-state index contributed by atoms with van der Waals surface area (Å²) in [6.07, 6.45) is 0. The minimum absolute atomic E-state index is 0.174. The lowest BCUT2D eigenvalue weighted by molar-refractivity contribution is -0.148. The molecule has 0 bridgehead atoms. The molecule has 2 rings (SSSR count). The summed E-state index contributed by atoms with van der Waals surface area (Å²) in [4.78, 5) is 16.0. The molecule has 0 saturated heterocycles. The maximum absolute atomic E-state index is 11.6. The van der Waals surface area contributed by atoms with Gasteiger partial charge in [0.15, 0.2) is 5.82 Å². The summed E-state index contributed by atoms with van der Waals surface area (Å²) in [6.45, 7) is 7.42. The zero-order chi connectivity index (χ0) is 12.4. The van der Waals surface area contributed by atoms with Crippen molar-refractivity contribution >= 4 is 11.9 Å². The van der Waals surface area contributed by atoms with E-state index >= 15 is 0 Å². The molecular weight excluding hydrogens is 220 g/mol. The number of nitrogens with zero attached hydrogens (tertiary/aromatic N) is 3. The first kappa shape index (κ1) is 11.9. The van der Waals surface area contributed by atoms with Gasteiger partial charge in [0.25, 0.3) is 0 Å². The van der Waals surface area contributed by atoms with Gasteiger partial charge in [0.2, 0.25) is 5.95 Å². The van der Waals surface area contributed by atoms with E-state index in [1.54, 1.807) is 4.68 Å². The highest BCUT2D eigenvalue weighted by Gasteiger charge is 2.27. The van der Waals surface area contributed by atoms with Gasteiger partial charge in [-0.05, 0) is 6.92 Å². The number of hydrogen-bond acceptors (Lipinski definition) is 5. The molecular formula is C11H18N4O2. The van der Waals surface area contributed by atoms with Crippen LogP contribution in [0.2, 0.25) is 0 Å². The number of aromatic nitrogens is 3. The molecule has 0 aliphatic carbocycles. The van der Waals surface area contributed by atoms with Gasteiger partial charge in [0.1, 0.15) is 0 Å². The molecule has 1 atom stereocenters. The van der Waals surface area contributed by atoms with Gasteiger partial charge in [-0.1, -0.05) is 13.8 Å². The van der Waals surface area contributed by atoms with Crippen molar-refractivity contribution in [2.75, 3.05) is 18.5 Å². The fourth-order valence-corrected chi connectivity index (χ4v) is 1.77. The van der Waals surface area contributed by atoms with E-state index < -0.39 is 0 Å². The molecule has 94 valence electrons. The fourth-order valence-electron chi connectivity index (χ4n) is 1.77. The van der Waals surface area contributed by atoms with Gasteiger partial charge in [-0.25, -0.2) is 4.68 Å². The van der Waals surface area contributed by atoms with Crippen LogP contribution in [0.5, 0.6) is 0 Å². The number of esters is 1. The molecule has 0 aromatic carbocycles. The van der Waals surface area contributed by atoms with E-state index in [1.165, 1.54) is 0 Å². The highest BCUT2D eigenvalue weighted by Crippen LogP contribution is 2.19. The molecule has 0 fully saturated rings.